The van der Waals surface area contributed by atoms with Crippen LogP contribution in [0.15, 0.2) is 29.4 Å². The molecule has 0 aliphatic heterocycles. The minimum absolute atomic E-state index is 0.549. The molecule has 3 nitrogen and oxygen atoms in total. The Morgan fingerprint density at radius 2 is 2.00 bits per heavy atom. The Labute approximate surface area is 78.0 Å². The van der Waals surface area contributed by atoms with Crippen LogP contribution < -0.4 is 0 Å². The highest BCUT2D eigenvalue weighted by Gasteiger charge is 1.97. The zero-order chi connectivity index (χ0) is 9.52. The van der Waals surface area contributed by atoms with Gasteiger partial charge in [-0.2, -0.15) is 0 Å². The molecule has 0 amide bonds. The maximum atomic E-state index is 8.13. The summed E-state index contributed by atoms with van der Waals surface area (Å²) in [5, 5.41) is 3.52. The van der Waals surface area contributed by atoms with E-state index in [1.165, 1.54) is 11.1 Å². The summed E-state index contributed by atoms with van der Waals surface area (Å²) in [5.41, 5.74) is 10.8. The number of azide groups is 1. The molecule has 0 bridgehead atoms. The van der Waals surface area contributed by atoms with Crippen LogP contribution in [0.1, 0.15) is 18.1 Å². The summed E-state index contributed by atoms with van der Waals surface area (Å²) in [4.78, 5) is 2.73. The standard InChI is InChI=1S/C10H13N3/c1-2-9-5-3-4-6-10(9)7-8-12-13-11/h3-6H,2,7-8H2,1H3. The molecule has 0 aromatic heterocycles. The molecule has 0 heterocycles. The normalized spacial score (nSPS) is 9.31. The van der Waals surface area contributed by atoms with E-state index in [-0.39, 0.29) is 0 Å². The van der Waals surface area contributed by atoms with Gasteiger partial charge in [0.1, 0.15) is 0 Å². The Hall–Kier alpha value is -1.47. The van der Waals surface area contributed by atoms with Gasteiger partial charge in [-0.15, -0.1) is 0 Å². The predicted octanol–water partition coefficient (Wildman–Crippen LogP) is 3.10. The molecule has 0 saturated carbocycles. The number of nitrogens with zero attached hydrogens (tertiary/aromatic N) is 3. The Kier molecular flexibility index (Phi) is 3.86. The van der Waals surface area contributed by atoms with Gasteiger partial charge < -0.3 is 0 Å². The molecular weight excluding hydrogens is 162 g/mol. The van der Waals surface area contributed by atoms with Gasteiger partial charge in [-0.3, -0.25) is 0 Å². The fourth-order valence-electron chi connectivity index (χ4n) is 1.36. The Morgan fingerprint density at radius 3 is 2.62 bits per heavy atom. The fraction of sp³-hybridized carbons (Fsp3) is 0.400. The topological polar surface area (TPSA) is 48.8 Å². The number of hydrogen-bond donors (Lipinski definition) is 0. The van der Waals surface area contributed by atoms with Crippen LogP contribution in [0.4, 0.5) is 0 Å². The number of aryl methyl sites for hydroxylation is 1. The molecule has 0 saturated heterocycles. The maximum absolute atomic E-state index is 8.13. The molecular formula is C10H13N3. The minimum atomic E-state index is 0.549. The molecule has 0 atom stereocenters. The molecule has 0 N–H and O–H groups in total. The summed E-state index contributed by atoms with van der Waals surface area (Å²) in [7, 11) is 0. The van der Waals surface area contributed by atoms with E-state index in [2.05, 4.69) is 29.1 Å². The quantitative estimate of drug-likeness (QED) is 0.383. The summed E-state index contributed by atoms with van der Waals surface area (Å²) in [6.07, 6.45) is 1.88. The van der Waals surface area contributed by atoms with Gasteiger partial charge in [-0.1, -0.05) is 36.3 Å². The van der Waals surface area contributed by atoms with Gasteiger partial charge in [-0.25, -0.2) is 0 Å². The third kappa shape index (κ3) is 2.80. The second kappa shape index (κ2) is 5.22. The van der Waals surface area contributed by atoms with E-state index in [0.717, 1.165) is 12.8 Å². The van der Waals surface area contributed by atoms with Gasteiger partial charge in [0.15, 0.2) is 0 Å². The fourth-order valence-corrected chi connectivity index (χ4v) is 1.36. The third-order valence-electron chi connectivity index (χ3n) is 2.04. The van der Waals surface area contributed by atoms with E-state index in [1.54, 1.807) is 0 Å². The second-order valence-electron chi connectivity index (χ2n) is 2.83. The highest BCUT2D eigenvalue weighted by atomic mass is 15.1. The lowest BCUT2D eigenvalue weighted by atomic mass is 10.0. The first-order valence-corrected chi connectivity index (χ1v) is 4.46. The van der Waals surface area contributed by atoms with Gasteiger partial charge in [0.2, 0.25) is 0 Å². The molecule has 13 heavy (non-hydrogen) atoms. The van der Waals surface area contributed by atoms with Crippen molar-refractivity contribution in [3.8, 4) is 0 Å². The van der Waals surface area contributed by atoms with Crippen molar-refractivity contribution in [3.05, 3.63) is 45.8 Å². The number of benzene rings is 1. The van der Waals surface area contributed by atoms with Crippen molar-refractivity contribution < 1.29 is 0 Å². The zero-order valence-electron chi connectivity index (χ0n) is 7.77. The largest absolute Gasteiger partial charge is 0.0936 e. The summed E-state index contributed by atoms with van der Waals surface area (Å²) in [6.45, 7) is 2.68. The molecule has 0 unspecified atom stereocenters. The summed E-state index contributed by atoms with van der Waals surface area (Å²) in [6, 6.07) is 8.26. The molecule has 0 aliphatic rings. The van der Waals surface area contributed by atoms with Crippen LogP contribution in [-0.4, -0.2) is 6.54 Å². The summed E-state index contributed by atoms with van der Waals surface area (Å²) < 4.78 is 0. The Bertz CT molecular complexity index is 314. The van der Waals surface area contributed by atoms with E-state index >= 15 is 0 Å². The van der Waals surface area contributed by atoms with Crippen LogP contribution in [0.25, 0.3) is 10.4 Å². The molecule has 3 heteroatoms. The average Bonchev–Trinajstić information content (AvgIpc) is 2.19. The van der Waals surface area contributed by atoms with Crippen LogP contribution in [0, 0.1) is 0 Å². The first-order chi connectivity index (χ1) is 6.38. The number of hydrogen-bond acceptors (Lipinski definition) is 1. The second-order valence-corrected chi connectivity index (χ2v) is 2.83. The van der Waals surface area contributed by atoms with Crippen LogP contribution in [0.2, 0.25) is 0 Å². The predicted molar refractivity (Wildman–Crippen MR) is 53.5 cm³/mol. The first-order valence-electron chi connectivity index (χ1n) is 4.46. The lowest BCUT2D eigenvalue weighted by molar-refractivity contribution is 0.930. The van der Waals surface area contributed by atoms with Gasteiger partial charge in [0, 0.05) is 11.5 Å². The first kappa shape index (κ1) is 9.62. The van der Waals surface area contributed by atoms with Crippen LogP contribution in [0.5, 0.6) is 0 Å². The average molecular weight is 175 g/mol. The third-order valence-corrected chi connectivity index (χ3v) is 2.04. The van der Waals surface area contributed by atoms with Crippen LogP contribution >= 0.6 is 0 Å². The highest BCUT2D eigenvalue weighted by molar-refractivity contribution is 5.27. The van der Waals surface area contributed by atoms with Gasteiger partial charge in [-0.05, 0) is 29.5 Å². The summed E-state index contributed by atoms with van der Waals surface area (Å²) >= 11 is 0. The van der Waals surface area contributed by atoms with Crippen molar-refractivity contribution in [2.45, 2.75) is 19.8 Å². The minimum Gasteiger partial charge on any atom is -0.0936 e. The van der Waals surface area contributed by atoms with E-state index in [9.17, 15) is 0 Å². The van der Waals surface area contributed by atoms with E-state index in [4.69, 9.17) is 5.53 Å². The molecule has 1 aromatic rings. The smallest absolute Gasteiger partial charge is 0.0298 e. The SMILES string of the molecule is CCc1ccccc1CCN=[N+]=[N-]. The van der Waals surface area contributed by atoms with Crippen molar-refractivity contribution >= 4 is 0 Å². The Morgan fingerprint density at radius 1 is 1.31 bits per heavy atom. The van der Waals surface area contributed by atoms with Crippen LogP contribution in [0.3, 0.4) is 0 Å². The van der Waals surface area contributed by atoms with Crippen LogP contribution in [-0.2, 0) is 12.8 Å². The lowest BCUT2D eigenvalue weighted by Gasteiger charge is -2.04. The molecule has 0 fully saturated rings. The Balaban J connectivity index is 2.69. The lowest BCUT2D eigenvalue weighted by Crippen LogP contribution is -1.94. The van der Waals surface area contributed by atoms with Crippen molar-refractivity contribution in [3.63, 3.8) is 0 Å². The van der Waals surface area contributed by atoms with Crippen molar-refractivity contribution in [2.24, 2.45) is 5.11 Å². The molecule has 1 aromatic carbocycles. The maximum Gasteiger partial charge on any atom is 0.0298 e. The van der Waals surface area contributed by atoms with E-state index in [0.29, 0.717) is 6.54 Å². The van der Waals surface area contributed by atoms with E-state index in [1.807, 2.05) is 12.1 Å². The molecule has 68 valence electrons. The van der Waals surface area contributed by atoms with Crippen molar-refractivity contribution in [1.29, 1.82) is 0 Å². The van der Waals surface area contributed by atoms with Gasteiger partial charge in [0.25, 0.3) is 0 Å². The molecule has 0 aliphatic carbocycles. The number of rotatable bonds is 4. The highest BCUT2D eigenvalue weighted by Crippen LogP contribution is 2.09. The molecule has 0 radical (unpaired) electrons. The van der Waals surface area contributed by atoms with E-state index < -0.39 is 0 Å². The van der Waals surface area contributed by atoms with Crippen molar-refractivity contribution in [2.75, 3.05) is 6.54 Å². The van der Waals surface area contributed by atoms with Gasteiger partial charge in [0.05, 0.1) is 0 Å². The monoisotopic (exact) mass is 175 g/mol. The molecule has 0 spiro atoms. The molecule has 1 rings (SSSR count). The van der Waals surface area contributed by atoms with Gasteiger partial charge >= 0.3 is 0 Å². The van der Waals surface area contributed by atoms with Crippen molar-refractivity contribution in [1.82, 2.24) is 0 Å². The zero-order valence-corrected chi connectivity index (χ0v) is 7.77. The summed E-state index contributed by atoms with van der Waals surface area (Å²) in [5.74, 6) is 0.